The first-order valence-electron chi connectivity index (χ1n) is 9.72. The summed E-state index contributed by atoms with van der Waals surface area (Å²) in [5.41, 5.74) is 1.88. The number of ether oxygens (including phenoxy) is 1. The third-order valence-corrected chi connectivity index (χ3v) is 8.36. The zero-order valence-corrected chi connectivity index (χ0v) is 20.0. The summed E-state index contributed by atoms with van der Waals surface area (Å²) in [6.07, 6.45) is 3.37. The van der Waals surface area contributed by atoms with Crippen molar-refractivity contribution in [1.82, 2.24) is 9.55 Å². The second kappa shape index (κ2) is 8.67. The lowest BCUT2D eigenvalue weighted by Crippen LogP contribution is -2.34. The molecule has 0 amide bonds. The predicted octanol–water partition coefficient (Wildman–Crippen LogP) is 6.48. The van der Waals surface area contributed by atoms with E-state index in [0.717, 1.165) is 39.1 Å². The SMILES string of the molecule is C=CCn1c(SCc2ccc(Cl)c(Cl)c2)nc2sc3c(c2c1=O)C[C@@](C)(CC)OC3. The lowest BCUT2D eigenvalue weighted by molar-refractivity contribution is -0.0543. The Labute approximate surface area is 193 Å². The highest BCUT2D eigenvalue weighted by molar-refractivity contribution is 7.98. The number of hydrogen-bond donors (Lipinski definition) is 0. The number of aromatic nitrogens is 2. The van der Waals surface area contributed by atoms with E-state index >= 15 is 0 Å². The number of fused-ring (bicyclic) bond motifs is 3. The monoisotopic (exact) mass is 480 g/mol. The minimum Gasteiger partial charge on any atom is -0.369 e. The third-order valence-electron chi connectivity index (χ3n) is 5.47. The van der Waals surface area contributed by atoms with Gasteiger partial charge in [0.05, 0.1) is 27.6 Å². The Morgan fingerprint density at radius 2 is 2.20 bits per heavy atom. The number of hydrogen-bond acceptors (Lipinski definition) is 5. The fourth-order valence-electron chi connectivity index (χ4n) is 3.54. The summed E-state index contributed by atoms with van der Waals surface area (Å²) in [5, 5.41) is 2.46. The van der Waals surface area contributed by atoms with Gasteiger partial charge in [-0.05, 0) is 36.6 Å². The van der Waals surface area contributed by atoms with Gasteiger partial charge in [-0.15, -0.1) is 17.9 Å². The largest absolute Gasteiger partial charge is 0.369 e. The van der Waals surface area contributed by atoms with E-state index in [9.17, 15) is 4.79 Å². The predicted molar refractivity (Wildman–Crippen MR) is 127 cm³/mol. The number of benzene rings is 1. The van der Waals surface area contributed by atoms with Crippen LogP contribution in [0.25, 0.3) is 10.2 Å². The third kappa shape index (κ3) is 4.08. The Balaban J connectivity index is 1.75. The molecule has 0 saturated carbocycles. The summed E-state index contributed by atoms with van der Waals surface area (Å²) in [4.78, 5) is 20.2. The van der Waals surface area contributed by atoms with Gasteiger partial charge in [0, 0.05) is 23.6 Å². The summed E-state index contributed by atoms with van der Waals surface area (Å²) in [7, 11) is 0. The molecule has 0 radical (unpaired) electrons. The average Bonchev–Trinajstić information content (AvgIpc) is 3.08. The Morgan fingerprint density at radius 1 is 1.40 bits per heavy atom. The lowest BCUT2D eigenvalue weighted by atomic mass is 9.90. The molecule has 0 N–H and O–H groups in total. The van der Waals surface area contributed by atoms with Gasteiger partial charge < -0.3 is 4.74 Å². The highest BCUT2D eigenvalue weighted by atomic mass is 35.5. The van der Waals surface area contributed by atoms with Gasteiger partial charge in [0.1, 0.15) is 4.83 Å². The molecule has 0 spiro atoms. The maximum atomic E-state index is 13.5. The molecule has 2 aromatic heterocycles. The molecular formula is C22H22Cl2N2O2S2. The van der Waals surface area contributed by atoms with E-state index in [1.54, 1.807) is 28.0 Å². The van der Waals surface area contributed by atoms with E-state index in [2.05, 4.69) is 20.4 Å². The topological polar surface area (TPSA) is 44.1 Å². The maximum absolute atomic E-state index is 13.5. The number of rotatable bonds is 6. The maximum Gasteiger partial charge on any atom is 0.263 e. The van der Waals surface area contributed by atoms with Gasteiger partial charge >= 0.3 is 0 Å². The van der Waals surface area contributed by atoms with Crippen LogP contribution < -0.4 is 5.56 Å². The lowest BCUT2D eigenvalue weighted by Gasteiger charge is -2.32. The molecule has 4 rings (SSSR count). The normalized spacial score (nSPS) is 18.5. The van der Waals surface area contributed by atoms with Gasteiger partial charge in [0.25, 0.3) is 5.56 Å². The van der Waals surface area contributed by atoms with Crippen molar-refractivity contribution in [2.45, 2.75) is 56.4 Å². The molecule has 1 aliphatic heterocycles. The van der Waals surface area contributed by atoms with Crippen molar-refractivity contribution in [2.24, 2.45) is 0 Å². The van der Waals surface area contributed by atoms with Gasteiger partial charge in [-0.25, -0.2) is 4.98 Å². The molecule has 0 aliphatic carbocycles. The zero-order valence-electron chi connectivity index (χ0n) is 16.8. The van der Waals surface area contributed by atoms with Crippen molar-refractivity contribution in [1.29, 1.82) is 0 Å². The van der Waals surface area contributed by atoms with E-state index < -0.39 is 0 Å². The number of allylic oxidation sites excluding steroid dienone is 1. The molecule has 1 aromatic carbocycles. The molecule has 0 unspecified atom stereocenters. The van der Waals surface area contributed by atoms with Crippen molar-refractivity contribution < 1.29 is 4.74 Å². The highest BCUT2D eigenvalue weighted by Crippen LogP contribution is 2.39. The minimum atomic E-state index is -0.238. The van der Waals surface area contributed by atoms with E-state index in [0.29, 0.717) is 34.1 Å². The van der Waals surface area contributed by atoms with Crippen LogP contribution in [0.1, 0.15) is 36.3 Å². The van der Waals surface area contributed by atoms with Crippen LogP contribution in [0.2, 0.25) is 10.0 Å². The number of nitrogens with zero attached hydrogens (tertiary/aromatic N) is 2. The zero-order chi connectivity index (χ0) is 21.5. The molecule has 4 nitrogen and oxygen atoms in total. The summed E-state index contributed by atoms with van der Waals surface area (Å²) in [5.74, 6) is 0.633. The molecule has 158 valence electrons. The molecule has 0 bridgehead atoms. The van der Waals surface area contributed by atoms with E-state index in [1.165, 1.54) is 11.8 Å². The van der Waals surface area contributed by atoms with Crippen LogP contribution in [0.15, 0.2) is 40.8 Å². The molecule has 1 aliphatic rings. The van der Waals surface area contributed by atoms with Crippen molar-refractivity contribution >= 4 is 56.5 Å². The van der Waals surface area contributed by atoms with Gasteiger partial charge in [-0.2, -0.15) is 0 Å². The van der Waals surface area contributed by atoms with Crippen LogP contribution in [-0.2, 0) is 30.1 Å². The van der Waals surface area contributed by atoms with Crippen molar-refractivity contribution in [3.63, 3.8) is 0 Å². The molecule has 3 aromatic rings. The van der Waals surface area contributed by atoms with E-state index in [4.69, 9.17) is 32.9 Å². The summed E-state index contributed by atoms with van der Waals surface area (Å²) < 4.78 is 7.79. The summed E-state index contributed by atoms with van der Waals surface area (Å²) in [6.45, 7) is 9.00. The smallest absolute Gasteiger partial charge is 0.263 e. The second-order valence-corrected chi connectivity index (χ2v) is 10.4. The number of thioether (sulfide) groups is 1. The van der Waals surface area contributed by atoms with Crippen LogP contribution in [0.5, 0.6) is 0 Å². The van der Waals surface area contributed by atoms with Crippen LogP contribution in [0.3, 0.4) is 0 Å². The summed E-state index contributed by atoms with van der Waals surface area (Å²) in [6, 6.07) is 5.56. The fraction of sp³-hybridized carbons (Fsp3) is 0.364. The van der Waals surface area contributed by atoms with Gasteiger partial charge in [0.15, 0.2) is 5.16 Å². The number of halogens is 2. The molecule has 0 saturated heterocycles. The summed E-state index contributed by atoms with van der Waals surface area (Å²) >= 11 is 15.2. The molecular weight excluding hydrogens is 459 g/mol. The Kier molecular flexibility index (Phi) is 6.33. The van der Waals surface area contributed by atoms with Crippen LogP contribution in [0.4, 0.5) is 0 Å². The number of thiophene rings is 1. The van der Waals surface area contributed by atoms with Crippen molar-refractivity contribution in [3.8, 4) is 0 Å². The quantitative estimate of drug-likeness (QED) is 0.230. The van der Waals surface area contributed by atoms with Crippen LogP contribution >= 0.6 is 46.3 Å². The van der Waals surface area contributed by atoms with Crippen LogP contribution in [0, 0.1) is 0 Å². The molecule has 1 atom stereocenters. The minimum absolute atomic E-state index is 0.00519. The Bertz CT molecular complexity index is 1190. The van der Waals surface area contributed by atoms with Gasteiger partial charge in [-0.1, -0.05) is 54.0 Å². The van der Waals surface area contributed by atoms with Gasteiger partial charge in [-0.3, -0.25) is 9.36 Å². The Morgan fingerprint density at radius 3 is 2.90 bits per heavy atom. The molecule has 3 heterocycles. The van der Waals surface area contributed by atoms with E-state index in [1.807, 2.05) is 12.1 Å². The first-order valence-corrected chi connectivity index (χ1v) is 12.3. The molecule has 8 heteroatoms. The molecule has 30 heavy (non-hydrogen) atoms. The van der Waals surface area contributed by atoms with Crippen molar-refractivity contribution in [3.05, 3.63) is 67.3 Å². The highest BCUT2D eigenvalue weighted by Gasteiger charge is 2.33. The first kappa shape index (κ1) is 21.9. The van der Waals surface area contributed by atoms with Gasteiger partial charge in [0.2, 0.25) is 0 Å². The van der Waals surface area contributed by atoms with Crippen molar-refractivity contribution in [2.75, 3.05) is 0 Å². The van der Waals surface area contributed by atoms with E-state index in [-0.39, 0.29) is 11.2 Å². The van der Waals surface area contributed by atoms with Crippen LogP contribution in [-0.4, -0.2) is 15.2 Å². The standard InChI is InChI=1S/C22H22Cl2N2O2S2/c1-4-8-26-20(27)18-14-10-22(3,5-2)28-11-17(14)30-19(18)25-21(26)29-12-13-6-7-15(23)16(24)9-13/h4,6-7,9H,1,5,8,10-12H2,2-3H3/t22-/m1/s1. The first-order chi connectivity index (χ1) is 14.3. The Hall–Kier alpha value is -1.31. The fourth-order valence-corrected chi connectivity index (χ4v) is 5.96. The average molecular weight is 481 g/mol. The second-order valence-electron chi connectivity index (χ2n) is 7.59. The molecule has 0 fully saturated rings.